The summed E-state index contributed by atoms with van der Waals surface area (Å²) in [5.41, 5.74) is 30.2. The number of aliphatic imine (C=N–C) groups is 3. The average molecular weight is 439 g/mol. The summed E-state index contributed by atoms with van der Waals surface area (Å²) in [5, 5.41) is 10.6. The van der Waals surface area contributed by atoms with Crippen LogP contribution < -0.4 is 34.4 Å². The number of nitrogens with zero attached hydrogens (tertiary/aromatic N) is 4. The number of hydrogen-bond donors (Lipinski definition) is 7. The van der Waals surface area contributed by atoms with Crippen LogP contribution >= 0.6 is 0 Å². The highest BCUT2D eigenvalue weighted by Crippen LogP contribution is 2.52. The van der Waals surface area contributed by atoms with Gasteiger partial charge in [-0.1, -0.05) is 6.42 Å². The van der Waals surface area contributed by atoms with Crippen molar-refractivity contribution in [2.75, 3.05) is 26.2 Å². The molecule has 2 fully saturated rings. The van der Waals surface area contributed by atoms with Crippen LogP contribution in [0.4, 0.5) is 0 Å². The molecule has 174 valence electrons. The Labute approximate surface area is 181 Å². The van der Waals surface area contributed by atoms with Crippen LogP contribution in [0.1, 0.15) is 38.5 Å². The number of fused-ring (bicyclic) bond motifs is 1. The van der Waals surface area contributed by atoms with E-state index in [0.29, 0.717) is 25.9 Å². The van der Waals surface area contributed by atoms with Crippen molar-refractivity contribution in [2.24, 2.45) is 54.8 Å². The highest BCUT2D eigenvalue weighted by Gasteiger charge is 2.67. The van der Waals surface area contributed by atoms with Crippen LogP contribution in [0.25, 0.3) is 0 Å². The molecule has 13 heteroatoms. The minimum Gasteiger partial charge on any atom is -0.480 e. The van der Waals surface area contributed by atoms with Gasteiger partial charge in [-0.3, -0.25) is 19.5 Å². The number of hydrogen-bond acceptors (Lipinski definition) is 6. The van der Waals surface area contributed by atoms with Gasteiger partial charge in [0.2, 0.25) is 0 Å². The molecule has 2 saturated heterocycles. The van der Waals surface area contributed by atoms with Gasteiger partial charge >= 0.3 is 5.97 Å². The zero-order valence-electron chi connectivity index (χ0n) is 17.7. The number of carboxylic acid groups (broad SMARTS) is 1. The summed E-state index contributed by atoms with van der Waals surface area (Å²) in [6.07, 6.45) is 3.27. The summed E-state index contributed by atoms with van der Waals surface area (Å²) in [4.78, 5) is 40.9. The van der Waals surface area contributed by atoms with Crippen LogP contribution in [0.3, 0.4) is 0 Å². The lowest BCUT2D eigenvalue weighted by molar-refractivity contribution is -0.174. The highest BCUT2D eigenvalue weighted by molar-refractivity contribution is 5.98. The molecule has 0 aromatic rings. The van der Waals surface area contributed by atoms with E-state index >= 15 is 0 Å². The van der Waals surface area contributed by atoms with Crippen LogP contribution in [0.15, 0.2) is 15.0 Å². The van der Waals surface area contributed by atoms with Gasteiger partial charge in [-0.25, -0.2) is 9.98 Å². The standard InChI is InChI=1S/C18H34N10O3/c19-14(20)25-9-11(27-16(23)24)17(12(29)10-26-15(21)22)5-1-3-7-28-8-4-2-6-18(17,28)13(30)31/h11H,1-10H2,(H,30,31)(H4,19,20,25)(H4,21,22,26)(H4,23,24,27)/t11?,17?,18-/m1/s1. The third kappa shape index (κ3) is 4.65. The zero-order chi connectivity index (χ0) is 23.2. The topological polar surface area (TPSA) is 251 Å². The van der Waals surface area contributed by atoms with E-state index < -0.39 is 35.3 Å². The second kappa shape index (κ2) is 9.81. The smallest absolute Gasteiger partial charge is 0.325 e. The van der Waals surface area contributed by atoms with Crippen LogP contribution in [0.2, 0.25) is 0 Å². The van der Waals surface area contributed by atoms with E-state index in [1.54, 1.807) is 0 Å². The third-order valence-electron chi connectivity index (χ3n) is 6.32. The van der Waals surface area contributed by atoms with Crippen LogP contribution in [0.5, 0.6) is 0 Å². The first kappa shape index (κ1) is 24.2. The molecule has 0 amide bonds. The number of ketones is 1. The Kier molecular flexibility index (Phi) is 7.65. The Balaban J connectivity index is 2.82. The average Bonchev–Trinajstić information content (AvgIpc) is 2.87. The second-order valence-corrected chi connectivity index (χ2v) is 8.04. The summed E-state index contributed by atoms with van der Waals surface area (Å²) in [5.74, 6) is -2.35. The second-order valence-electron chi connectivity index (χ2n) is 8.04. The lowest BCUT2D eigenvalue weighted by Gasteiger charge is -2.55. The van der Waals surface area contributed by atoms with Gasteiger partial charge in [-0.2, -0.15) is 0 Å². The lowest BCUT2D eigenvalue weighted by atomic mass is 9.57. The molecule has 13 nitrogen and oxygen atoms in total. The van der Waals surface area contributed by atoms with Gasteiger partial charge < -0.3 is 39.5 Å². The number of guanidine groups is 3. The fourth-order valence-electron chi connectivity index (χ4n) is 5.17. The Morgan fingerprint density at radius 2 is 1.45 bits per heavy atom. The van der Waals surface area contributed by atoms with E-state index in [2.05, 4.69) is 15.0 Å². The van der Waals surface area contributed by atoms with Crippen molar-refractivity contribution >= 4 is 29.6 Å². The van der Waals surface area contributed by atoms with Crippen molar-refractivity contribution in [3.05, 3.63) is 0 Å². The van der Waals surface area contributed by atoms with Crippen molar-refractivity contribution in [3.63, 3.8) is 0 Å². The predicted octanol–water partition coefficient (Wildman–Crippen LogP) is -2.78. The first-order valence-corrected chi connectivity index (χ1v) is 10.3. The highest BCUT2D eigenvalue weighted by atomic mass is 16.4. The maximum absolute atomic E-state index is 13.8. The normalized spacial score (nSPS) is 27.1. The number of aliphatic carboxylic acids is 1. The maximum Gasteiger partial charge on any atom is 0.325 e. The van der Waals surface area contributed by atoms with Gasteiger partial charge in [0.25, 0.3) is 0 Å². The number of Topliss-reactive ketones (excluding diaryl/α,β-unsaturated/α-hetero) is 1. The van der Waals surface area contributed by atoms with Crippen molar-refractivity contribution in [2.45, 2.75) is 50.1 Å². The number of carbonyl (C=O) groups is 2. The van der Waals surface area contributed by atoms with E-state index in [4.69, 9.17) is 34.4 Å². The van der Waals surface area contributed by atoms with E-state index in [9.17, 15) is 14.7 Å². The van der Waals surface area contributed by atoms with Crippen molar-refractivity contribution in [1.29, 1.82) is 0 Å². The summed E-state index contributed by atoms with van der Waals surface area (Å²) >= 11 is 0. The molecule has 0 bridgehead atoms. The molecule has 2 rings (SSSR count). The molecular formula is C18H34N10O3. The molecule has 0 radical (unpaired) electrons. The van der Waals surface area contributed by atoms with Crippen LogP contribution in [-0.4, -0.2) is 77.4 Å². The monoisotopic (exact) mass is 438 g/mol. The predicted molar refractivity (Wildman–Crippen MR) is 118 cm³/mol. The molecule has 3 atom stereocenters. The van der Waals surface area contributed by atoms with Gasteiger partial charge in [0, 0.05) is 0 Å². The van der Waals surface area contributed by atoms with E-state index in [1.165, 1.54) is 0 Å². The van der Waals surface area contributed by atoms with Crippen molar-refractivity contribution in [1.82, 2.24) is 4.90 Å². The van der Waals surface area contributed by atoms with Crippen molar-refractivity contribution < 1.29 is 14.7 Å². The minimum atomic E-state index is -1.54. The molecule has 0 aromatic carbocycles. The minimum absolute atomic E-state index is 0.156. The van der Waals surface area contributed by atoms with Crippen LogP contribution in [-0.2, 0) is 9.59 Å². The number of carboxylic acids is 1. The maximum atomic E-state index is 13.8. The van der Waals surface area contributed by atoms with Gasteiger partial charge in [0.05, 0.1) is 18.0 Å². The zero-order valence-corrected chi connectivity index (χ0v) is 17.7. The Morgan fingerprint density at radius 1 is 0.871 bits per heavy atom. The Bertz CT molecular complexity index is 771. The first-order chi connectivity index (χ1) is 14.6. The molecule has 31 heavy (non-hydrogen) atoms. The number of piperidine rings is 1. The molecule has 2 heterocycles. The van der Waals surface area contributed by atoms with E-state index in [0.717, 1.165) is 12.8 Å². The molecule has 13 N–H and O–H groups in total. The summed E-state index contributed by atoms with van der Waals surface area (Å²) < 4.78 is 0. The van der Waals surface area contributed by atoms with E-state index in [1.807, 2.05) is 4.90 Å². The van der Waals surface area contributed by atoms with Gasteiger partial charge in [0.15, 0.2) is 23.7 Å². The lowest BCUT2D eigenvalue weighted by Crippen LogP contribution is -2.72. The van der Waals surface area contributed by atoms with Crippen molar-refractivity contribution in [3.8, 4) is 0 Å². The molecule has 0 spiro atoms. The number of carbonyl (C=O) groups excluding carboxylic acids is 1. The van der Waals surface area contributed by atoms with Gasteiger partial charge in [-0.05, 0) is 45.2 Å². The number of nitrogens with two attached hydrogens (primary N) is 6. The first-order valence-electron chi connectivity index (χ1n) is 10.3. The summed E-state index contributed by atoms with van der Waals surface area (Å²) in [6, 6.07) is -1.02. The Hall–Kier alpha value is -3.09. The molecule has 2 aliphatic rings. The fraction of sp³-hybridized carbons (Fsp3) is 0.722. The molecule has 0 saturated carbocycles. The molecule has 2 unspecified atom stereocenters. The van der Waals surface area contributed by atoms with E-state index in [-0.39, 0.29) is 37.3 Å². The molecule has 0 aromatic heterocycles. The number of rotatable bonds is 8. The largest absolute Gasteiger partial charge is 0.480 e. The Morgan fingerprint density at radius 3 is 1.97 bits per heavy atom. The summed E-state index contributed by atoms with van der Waals surface area (Å²) in [6.45, 7) is 0.529. The van der Waals surface area contributed by atoms with Crippen LogP contribution in [0, 0.1) is 5.41 Å². The molecular weight excluding hydrogens is 404 g/mol. The van der Waals surface area contributed by atoms with Gasteiger partial charge in [-0.15, -0.1) is 0 Å². The molecule has 2 aliphatic heterocycles. The SMILES string of the molecule is NC(N)=NCC(=O)C1(C(CN=C(N)N)N=C(N)N)CCCCN2CCCC[C@]21C(=O)O. The fourth-order valence-corrected chi connectivity index (χ4v) is 5.17. The van der Waals surface area contributed by atoms with Gasteiger partial charge in [0.1, 0.15) is 12.1 Å². The summed E-state index contributed by atoms with van der Waals surface area (Å²) in [7, 11) is 0. The molecule has 0 aliphatic carbocycles. The quantitative estimate of drug-likeness (QED) is 0.151. The third-order valence-corrected chi connectivity index (χ3v) is 6.32.